The average Bonchev–Trinajstić information content (AvgIpc) is 3.43. The zero-order valence-corrected chi connectivity index (χ0v) is 22.7. The first kappa shape index (κ1) is 27.9. The van der Waals surface area contributed by atoms with Gasteiger partial charge in [0.1, 0.15) is 0 Å². The van der Waals surface area contributed by atoms with Crippen LogP contribution < -0.4 is 10.6 Å². The maximum atomic E-state index is 15.3. The smallest absolute Gasteiger partial charge is 0.389 e. The van der Waals surface area contributed by atoms with E-state index in [1.54, 1.807) is 13.8 Å². The van der Waals surface area contributed by atoms with Gasteiger partial charge in [-0.1, -0.05) is 23.2 Å². The largest absolute Gasteiger partial charge is 0.436 e. The van der Waals surface area contributed by atoms with E-state index in [1.165, 1.54) is 29.1 Å². The monoisotopic (exact) mass is 587 g/mol. The SMILES string of the molecule is CC(C)(O)Cn1cc(C(=O)N[C@H]2C[C@@H](Nc3c(F)c(C(F)(F)F)nc4ccc(Cl)cc34)CC3(CC3)C2)c(Cl)n1. The molecule has 1 aromatic carbocycles. The van der Waals surface area contributed by atoms with Crippen LogP contribution >= 0.6 is 23.2 Å². The van der Waals surface area contributed by atoms with Gasteiger partial charge in [-0.2, -0.15) is 18.3 Å². The highest BCUT2D eigenvalue weighted by Crippen LogP contribution is 2.56. The molecule has 0 saturated heterocycles. The molecule has 1 amide bonds. The summed E-state index contributed by atoms with van der Waals surface area (Å²) < 4.78 is 57.5. The third kappa shape index (κ3) is 6.10. The van der Waals surface area contributed by atoms with Crippen LogP contribution in [-0.4, -0.2) is 43.5 Å². The number of rotatable bonds is 6. The number of nitrogens with zero attached hydrogens (tertiary/aromatic N) is 3. The molecule has 3 aromatic rings. The van der Waals surface area contributed by atoms with E-state index in [4.69, 9.17) is 23.2 Å². The summed E-state index contributed by atoms with van der Waals surface area (Å²) in [6.45, 7) is 3.34. The van der Waals surface area contributed by atoms with Gasteiger partial charge in [0, 0.05) is 28.7 Å². The molecule has 2 atom stereocenters. The standard InChI is InChI=1S/C26H27Cl2F4N5O2/c1-24(2,39)12-37-11-17(22(28)36-37)23(38)34-15-8-14(9-25(10-15)5-6-25)33-20-16-7-13(27)3-4-18(16)35-21(19(20)29)26(30,31)32/h3-4,7,11,14-15,39H,5-6,8-10,12H2,1-2H3,(H,33,35)(H,34,38)/t14-,15+/m1/s1. The lowest BCUT2D eigenvalue weighted by atomic mass is 9.79. The van der Waals surface area contributed by atoms with Gasteiger partial charge in [-0.05, 0) is 69.6 Å². The summed E-state index contributed by atoms with van der Waals surface area (Å²) in [4.78, 5) is 16.6. The van der Waals surface area contributed by atoms with E-state index in [1.807, 2.05) is 0 Å². The first-order valence-electron chi connectivity index (χ1n) is 12.5. The van der Waals surface area contributed by atoms with Gasteiger partial charge in [0.25, 0.3) is 5.91 Å². The number of alkyl halides is 3. The Labute approximate surface area is 231 Å². The molecule has 0 bridgehead atoms. The Morgan fingerprint density at radius 3 is 2.54 bits per heavy atom. The number of hydrogen-bond donors (Lipinski definition) is 3. The number of carbonyl (C=O) groups is 1. The van der Waals surface area contributed by atoms with Gasteiger partial charge in [-0.15, -0.1) is 0 Å². The fraction of sp³-hybridized carbons (Fsp3) is 0.500. The number of aliphatic hydroxyl groups is 1. The third-order valence-corrected chi connectivity index (χ3v) is 7.75. The molecule has 2 fully saturated rings. The Morgan fingerprint density at radius 1 is 1.21 bits per heavy atom. The van der Waals surface area contributed by atoms with Gasteiger partial charge in [0.05, 0.1) is 28.9 Å². The summed E-state index contributed by atoms with van der Waals surface area (Å²) in [5, 5.41) is 20.5. The maximum Gasteiger partial charge on any atom is 0.436 e. The van der Waals surface area contributed by atoms with Gasteiger partial charge in [0.15, 0.2) is 16.7 Å². The molecule has 39 heavy (non-hydrogen) atoms. The van der Waals surface area contributed by atoms with Crippen molar-refractivity contribution in [1.82, 2.24) is 20.1 Å². The minimum Gasteiger partial charge on any atom is -0.389 e. The molecule has 210 valence electrons. The van der Waals surface area contributed by atoms with E-state index in [2.05, 4.69) is 20.7 Å². The van der Waals surface area contributed by atoms with E-state index in [0.29, 0.717) is 19.3 Å². The zero-order chi connectivity index (χ0) is 28.3. The van der Waals surface area contributed by atoms with Crippen molar-refractivity contribution in [3.63, 3.8) is 0 Å². The Bertz CT molecular complexity index is 1430. The van der Waals surface area contributed by atoms with Crippen LogP contribution in [0.3, 0.4) is 0 Å². The molecule has 3 N–H and O–H groups in total. The van der Waals surface area contributed by atoms with Gasteiger partial charge in [-0.25, -0.2) is 9.37 Å². The zero-order valence-electron chi connectivity index (χ0n) is 21.2. The molecule has 2 saturated carbocycles. The fourth-order valence-electron chi connectivity index (χ4n) is 5.48. The number of pyridine rings is 1. The molecule has 0 aliphatic heterocycles. The Hall–Kier alpha value is -2.63. The summed E-state index contributed by atoms with van der Waals surface area (Å²) in [6, 6.07) is 3.37. The number of benzene rings is 1. The van der Waals surface area contributed by atoms with Crippen molar-refractivity contribution in [2.45, 2.75) is 76.4 Å². The summed E-state index contributed by atoms with van der Waals surface area (Å²) in [6.07, 6.45) is -0.0530. The maximum absolute atomic E-state index is 15.3. The molecule has 0 radical (unpaired) electrons. The van der Waals surface area contributed by atoms with E-state index in [-0.39, 0.29) is 50.3 Å². The lowest BCUT2D eigenvalue weighted by molar-refractivity contribution is -0.143. The van der Waals surface area contributed by atoms with Crippen LogP contribution in [0.5, 0.6) is 0 Å². The average molecular weight is 588 g/mol. The lowest BCUT2D eigenvalue weighted by Crippen LogP contribution is -2.45. The van der Waals surface area contributed by atoms with Crippen LogP contribution in [0.25, 0.3) is 10.9 Å². The highest BCUT2D eigenvalue weighted by Gasteiger charge is 2.49. The van der Waals surface area contributed by atoms with Gasteiger partial charge >= 0.3 is 6.18 Å². The Morgan fingerprint density at radius 2 is 1.90 bits per heavy atom. The van der Waals surface area contributed by atoms with Crippen LogP contribution in [0.1, 0.15) is 62.0 Å². The molecule has 1 spiro atoms. The number of fused-ring (bicyclic) bond motifs is 1. The quantitative estimate of drug-likeness (QED) is 0.298. The number of nitrogens with one attached hydrogen (secondary N) is 2. The summed E-state index contributed by atoms with van der Waals surface area (Å²) in [7, 11) is 0. The second-order valence-electron chi connectivity index (χ2n) is 11.3. The van der Waals surface area contributed by atoms with E-state index >= 15 is 4.39 Å². The van der Waals surface area contributed by atoms with Crippen LogP contribution in [0.15, 0.2) is 24.4 Å². The van der Waals surface area contributed by atoms with Crippen LogP contribution in [0, 0.1) is 11.2 Å². The second-order valence-corrected chi connectivity index (χ2v) is 12.1. The van der Waals surface area contributed by atoms with Crippen molar-refractivity contribution in [3.05, 3.63) is 51.6 Å². The molecule has 13 heteroatoms. The summed E-state index contributed by atoms with van der Waals surface area (Å²) in [5.74, 6) is -1.94. The van der Waals surface area contributed by atoms with Crippen molar-refractivity contribution >= 4 is 45.7 Å². The number of carbonyl (C=O) groups excluding carboxylic acids is 1. The fourth-order valence-corrected chi connectivity index (χ4v) is 5.88. The first-order valence-corrected chi connectivity index (χ1v) is 13.3. The van der Waals surface area contributed by atoms with Crippen molar-refractivity contribution < 1.29 is 27.5 Å². The van der Waals surface area contributed by atoms with Crippen molar-refractivity contribution in [1.29, 1.82) is 0 Å². The van der Waals surface area contributed by atoms with Crippen LogP contribution in [0.2, 0.25) is 10.2 Å². The second kappa shape index (κ2) is 9.78. The number of hydrogen-bond acceptors (Lipinski definition) is 5. The molecular weight excluding hydrogens is 561 g/mol. The Kier molecular flexibility index (Phi) is 7.00. The Balaban J connectivity index is 1.40. The van der Waals surface area contributed by atoms with Gasteiger partial charge in [-0.3, -0.25) is 9.48 Å². The van der Waals surface area contributed by atoms with Crippen molar-refractivity contribution in [2.24, 2.45) is 5.41 Å². The highest BCUT2D eigenvalue weighted by molar-refractivity contribution is 6.32. The minimum absolute atomic E-state index is 0.00902. The van der Waals surface area contributed by atoms with Gasteiger partial charge < -0.3 is 15.7 Å². The first-order chi connectivity index (χ1) is 18.1. The molecule has 2 heterocycles. The summed E-state index contributed by atoms with van der Waals surface area (Å²) in [5.41, 5.74) is -2.94. The van der Waals surface area contributed by atoms with Crippen molar-refractivity contribution in [3.8, 4) is 0 Å². The van der Waals surface area contributed by atoms with E-state index in [9.17, 15) is 23.1 Å². The molecule has 5 rings (SSSR count). The number of halogens is 6. The highest BCUT2D eigenvalue weighted by atomic mass is 35.5. The normalized spacial score (nSPS) is 20.8. The molecule has 2 aromatic heterocycles. The minimum atomic E-state index is -4.98. The molecular formula is C26H27Cl2F4N5O2. The molecule has 2 aliphatic rings. The lowest BCUT2D eigenvalue weighted by Gasteiger charge is -2.37. The van der Waals surface area contributed by atoms with Crippen LogP contribution in [0.4, 0.5) is 23.2 Å². The molecule has 2 aliphatic carbocycles. The number of amides is 1. The molecule has 0 unspecified atom stereocenters. The predicted octanol–water partition coefficient (Wildman–Crippen LogP) is 6.21. The van der Waals surface area contributed by atoms with E-state index < -0.39 is 35.2 Å². The molecule has 7 nitrogen and oxygen atoms in total. The van der Waals surface area contributed by atoms with Gasteiger partial charge in [0.2, 0.25) is 0 Å². The van der Waals surface area contributed by atoms with E-state index in [0.717, 1.165) is 12.8 Å². The third-order valence-electron chi connectivity index (χ3n) is 7.23. The number of aromatic nitrogens is 3. The van der Waals surface area contributed by atoms with Crippen molar-refractivity contribution in [2.75, 3.05) is 5.32 Å². The topological polar surface area (TPSA) is 92.1 Å². The number of anilines is 1. The predicted molar refractivity (Wildman–Crippen MR) is 139 cm³/mol. The summed E-state index contributed by atoms with van der Waals surface area (Å²) >= 11 is 12.3. The van der Waals surface area contributed by atoms with Crippen LogP contribution in [-0.2, 0) is 12.7 Å².